The number of urea groups is 1. The number of nitrogens with zero attached hydrogens (tertiary/aromatic N) is 1. The second kappa shape index (κ2) is 9.15. The summed E-state index contributed by atoms with van der Waals surface area (Å²) in [5, 5.41) is 2.82. The lowest BCUT2D eigenvalue weighted by molar-refractivity contribution is 0.156. The van der Waals surface area contributed by atoms with E-state index in [1.54, 1.807) is 31.3 Å². The zero-order valence-corrected chi connectivity index (χ0v) is 13.1. The molecule has 21 heavy (non-hydrogen) atoms. The predicted molar refractivity (Wildman–Crippen MR) is 86.9 cm³/mol. The Kier molecular flexibility index (Phi) is 7.49. The summed E-state index contributed by atoms with van der Waals surface area (Å²) in [5.41, 5.74) is 6.15. The van der Waals surface area contributed by atoms with Gasteiger partial charge in [0.2, 0.25) is 0 Å². The number of hydrogen-bond acceptors (Lipinski definition) is 4. The van der Waals surface area contributed by atoms with Crippen molar-refractivity contribution in [2.45, 2.75) is 6.42 Å². The van der Waals surface area contributed by atoms with Gasteiger partial charge in [0.15, 0.2) is 0 Å². The van der Waals surface area contributed by atoms with Crippen LogP contribution in [0.3, 0.4) is 0 Å². The van der Waals surface area contributed by atoms with Crippen LogP contribution in [0.15, 0.2) is 24.3 Å². The van der Waals surface area contributed by atoms with E-state index >= 15 is 0 Å². The standard InChI is InChI=1S/C14H21N3O3S/c1-19-9-8-17(7-6-13(15)21)14(18)16-11-4-3-5-12(10-11)20-2/h3-5,10H,6-9H2,1-2H3,(H2,15,21)(H,16,18). The molecule has 0 aliphatic carbocycles. The molecule has 0 heterocycles. The Morgan fingerprint density at radius 3 is 2.76 bits per heavy atom. The highest BCUT2D eigenvalue weighted by Gasteiger charge is 2.13. The molecule has 116 valence electrons. The van der Waals surface area contributed by atoms with Gasteiger partial charge in [-0.1, -0.05) is 18.3 Å². The third-order valence-corrected chi connectivity index (χ3v) is 3.01. The average Bonchev–Trinajstić information content (AvgIpc) is 2.47. The van der Waals surface area contributed by atoms with Crippen LogP contribution < -0.4 is 15.8 Å². The van der Waals surface area contributed by atoms with Crippen molar-refractivity contribution in [2.24, 2.45) is 5.73 Å². The molecule has 0 aliphatic rings. The van der Waals surface area contributed by atoms with Gasteiger partial charge in [0.1, 0.15) is 5.75 Å². The van der Waals surface area contributed by atoms with Gasteiger partial charge in [-0.2, -0.15) is 0 Å². The van der Waals surface area contributed by atoms with E-state index in [1.807, 2.05) is 12.1 Å². The van der Waals surface area contributed by atoms with Crippen LogP contribution in [-0.4, -0.2) is 49.8 Å². The number of hydrogen-bond donors (Lipinski definition) is 2. The van der Waals surface area contributed by atoms with Crippen molar-refractivity contribution in [3.63, 3.8) is 0 Å². The van der Waals surface area contributed by atoms with Crippen molar-refractivity contribution in [3.8, 4) is 5.75 Å². The minimum atomic E-state index is -0.225. The Labute approximate surface area is 130 Å². The first kappa shape index (κ1) is 17.2. The SMILES string of the molecule is COCCN(CCC(N)=S)C(=O)Nc1cccc(OC)c1. The molecule has 1 aromatic rings. The lowest BCUT2D eigenvalue weighted by Gasteiger charge is -2.22. The Morgan fingerprint density at radius 2 is 2.14 bits per heavy atom. The quantitative estimate of drug-likeness (QED) is 0.717. The third kappa shape index (κ3) is 6.42. The molecule has 6 nitrogen and oxygen atoms in total. The molecular weight excluding hydrogens is 290 g/mol. The molecule has 0 unspecified atom stereocenters. The maximum Gasteiger partial charge on any atom is 0.321 e. The topological polar surface area (TPSA) is 76.8 Å². The van der Waals surface area contributed by atoms with Crippen molar-refractivity contribution in [1.29, 1.82) is 0 Å². The van der Waals surface area contributed by atoms with Crippen LogP contribution in [0.1, 0.15) is 6.42 Å². The van der Waals surface area contributed by atoms with Crippen LogP contribution in [0.2, 0.25) is 0 Å². The predicted octanol–water partition coefficient (Wildman–Crippen LogP) is 1.85. The zero-order valence-electron chi connectivity index (χ0n) is 12.3. The number of carbonyl (C=O) groups excluding carboxylic acids is 1. The molecule has 0 aromatic heterocycles. The molecule has 0 fully saturated rings. The molecule has 0 aliphatic heterocycles. The van der Waals surface area contributed by atoms with Gasteiger partial charge in [-0.15, -0.1) is 0 Å². The van der Waals surface area contributed by atoms with E-state index in [0.717, 1.165) is 0 Å². The van der Waals surface area contributed by atoms with Crippen molar-refractivity contribution in [3.05, 3.63) is 24.3 Å². The highest BCUT2D eigenvalue weighted by molar-refractivity contribution is 7.80. The van der Waals surface area contributed by atoms with Crippen LogP contribution in [-0.2, 0) is 4.74 Å². The molecule has 3 N–H and O–H groups in total. The number of ether oxygens (including phenoxy) is 2. The van der Waals surface area contributed by atoms with Gasteiger partial charge in [0.25, 0.3) is 0 Å². The van der Waals surface area contributed by atoms with Gasteiger partial charge in [-0.3, -0.25) is 0 Å². The molecular formula is C14H21N3O3S. The molecule has 0 spiro atoms. The second-order valence-corrected chi connectivity index (χ2v) is 4.88. The summed E-state index contributed by atoms with van der Waals surface area (Å²) in [6.07, 6.45) is 0.477. The molecule has 0 atom stereocenters. The van der Waals surface area contributed by atoms with Crippen molar-refractivity contribution in [1.82, 2.24) is 4.90 Å². The van der Waals surface area contributed by atoms with E-state index in [9.17, 15) is 4.79 Å². The monoisotopic (exact) mass is 311 g/mol. The van der Waals surface area contributed by atoms with Crippen LogP contribution in [0.5, 0.6) is 5.75 Å². The van der Waals surface area contributed by atoms with Crippen LogP contribution in [0.25, 0.3) is 0 Å². The summed E-state index contributed by atoms with van der Waals surface area (Å²) in [6, 6.07) is 6.94. The molecule has 1 rings (SSSR count). The first-order valence-electron chi connectivity index (χ1n) is 6.54. The lowest BCUT2D eigenvalue weighted by Crippen LogP contribution is -2.39. The van der Waals surface area contributed by atoms with Crippen LogP contribution >= 0.6 is 12.2 Å². The van der Waals surface area contributed by atoms with Crippen LogP contribution in [0.4, 0.5) is 10.5 Å². The highest BCUT2D eigenvalue weighted by Crippen LogP contribution is 2.17. The number of carbonyl (C=O) groups is 1. The van der Waals surface area contributed by atoms with E-state index in [-0.39, 0.29) is 6.03 Å². The number of thiocarbonyl (C=S) groups is 1. The van der Waals surface area contributed by atoms with Crippen LogP contribution in [0, 0.1) is 0 Å². The van der Waals surface area contributed by atoms with Gasteiger partial charge >= 0.3 is 6.03 Å². The first-order valence-corrected chi connectivity index (χ1v) is 6.95. The van der Waals surface area contributed by atoms with Gasteiger partial charge in [0, 0.05) is 38.4 Å². The van der Waals surface area contributed by atoms with Gasteiger partial charge in [-0.25, -0.2) is 4.79 Å². The Balaban J connectivity index is 2.67. The zero-order chi connectivity index (χ0) is 15.7. The number of methoxy groups -OCH3 is 2. The lowest BCUT2D eigenvalue weighted by atomic mass is 10.3. The number of rotatable bonds is 8. The van der Waals surface area contributed by atoms with Gasteiger partial charge < -0.3 is 25.4 Å². The minimum Gasteiger partial charge on any atom is -0.497 e. The summed E-state index contributed by atoms with van der Waals surface area (Å²) in [7, 11) is 3.17. The molecule has 0 bridgehead atoms. The Bertz CT molecular complexity index is 482. The Hall–Kier alpha value is -1.86. The van der Waals surface area contributed by atoms with E-state index in [0.29, 0.717) is 42.5 Å². The Morgan fingerprint density at radius 1 is 1.38 bits per heavy atom. The molecule has 7 heteroatoms. The van der Waals surface area contributed by atoms with Gasteiger partial charge in [-0.05, 0) is 12.1 Å². The number of benzene rings is 1. The first-order chi connectivity index (χ1) is 10.1. The van der Waals surface area contributed by atoms with E-state index < -0.39 is 0 Å². The van der Waals surface area contributed by atoms with Crippen molar-refractivity contribution in [2.75, 3.05) is 39.2 Å². The van der Waals surface area contributed by atoms with E-state index in [4.69, 9.17) is 27.4 Å². The maximum absolute atomic E-state index is 12.3. The molecule has 0 saturated carbocycles. The summed E-state index contributed by atoms with van der Waals surface area (Å²) < 4.78 is 10.1. The largest absolute Gasteiger partial charge is 0.497 e. The fraction of sp³-hybridized carbons (Fsp3) is 0.429. The summed E-state index contributed by atoms with van der Waals surface area (Å²) in [5.74, 6) is 0.680. The number of nitrogens with one attached hydrogen (secondary N) is 1. The molecule has 0 radical (unpaired) electrons. The number of amides is 2. The molecule has 2 amide bonds. The normalized spacial score (nSPS) is 10.0. The summed E-state index contributed by atoms with van der Waals surface area (Å²) >= 11 is 4.85. The molecule has 0 saturated heterocycles. The highest BCUT2D eigenvalue weighted by atomic mass is 32.1. The number of nitrogens with two attached hydrogens (primary N) is 1. The molecule has 1 aromatic carbocycles. The third-order valence-electron chi connectivity index (χ3n) is 2.80. The average molecular weight is 311 g/mol. The fourth-order valence-corrected chi connectivity index (χ4v) is 1.76. The fourth-order valence-electron chi connectivity index (χ4n) is 1.66. The van der Waals surface area contributed by atoms with E-state index in [1.165, 1.54) is 0 Å². The van der Waals surface area contributed by atoms with Gasteiger partial charge in [0.05, 0.1) is 18.7 Å². The van der Waals surface area contributed by atoms with Crippen molar-refractivity contribution >= 4 is 28.9 Å². The summed E-state index contributed by atoms with van der Waals surface area (Å²) in [6.45, 7) is 1.37. The maximum atomic E-state index is 12.3. The van der Waals surface area contributed by atoms with Crippen molar-refractivity contribution < 1.29 is 14.3 Å². The second-order valence-electron chi connectivity index (χ2n) is 4.36. The minimum absolute atomic E-state index is 0.225. The number of anilines is 1. The smallest absolute Gasteiger partial charge is 0.321 e. The summed E-state index contributed by atoms with van der Waals surface area (Å²) in [4.78, 5) is 14.3. The van der Waals surface area contributed by atoms with E-state index in [2.05, 4.69) is 5.32 Å².